The number of aromatic amines is 1. The normalized spacial score (nSPS) is 9.82. The van der Waals surface area contributed by atoms with Crippen molar-refractivity contribution in [3.63, 3.8) is 0 Å². The van der Waals surface area contributed by atoms with Gasteiger partial charge in [0.15, 0.2) is 0 Å². The fourth-order valence-electron chi connectivity index (χ4n) is 0.909. The number of rotatable bonds is 1. The van der Waals surface area contributed by atoms with Gasteiger partial charge in [-0.15, -0.1) is 5.10 Å². The van der Waals surface area contributed by atoms with E-state index in [0.29, 0.717) is 0 Å². The summed E-state index contributed by atoms with van der Waals surface area (Å²) in [5.41, 5.74) is 1.95. The van der Waals surface area contributed by atoms with Crippen molar-refractivity contribution < 1.29 is 0 Å². The van der Waals surface area contributed by atoms with Crippen LogP contribution in [0.1, 0.15) is 0 Å². The molecule has 0 unspecified atom stereocenters. The van der Waals surface area contributed by atoms with Crippen LogP contribution in [0.4, 0.5) is 0 Å². The maximum absolute atomic E-state index is 3.65. The molecule has 1 N–H and O–H groups in total. The van der Waals surface area contributed by atoms with Crippen LogP contribution in [0.25, 0.3) is 11.3 Å². The molecule has 2 aromatic rings. The molecule has 0 saturated heterocycles. The highest BCUT2D eigenvalue weighted by molar-refractivity contribution is 5.56. The summed E-state index contributed by atoms with van der Waals surface area (Å²) >= 11 is 0. The van der Waals surface area contributed by atoms with Gasteiger partial charge in [0.25, 0.3) is 0 Å². The van der Waals surface area contributed by atoms with Gasteiger partial charge in [-0.25, -0.2) is 0 Å². The lowest BCUT2D eigenvalue weighted by Crippen LogP contribution is -1.81. The molecule has 3 nitrogen and oxygen atoms in total. The lowest BCUT2D eigenvalue weighted by molar-refractivity contribution is 1.02. The molecule has 0 aliphatic heterocycles. The maximum Gasteiger partial charge on any atom is 0.123 e. The first-order valence-electron chi connectivity index (χ1n) is 3.30. The van der Waals surface area contributed by atoms with Crippen LogP contribution < -0.4 is 0 Å². The second-order valence-corrected chi connectivity index (χ2v) is 2.14. The minimum absolute atomic E-state index is 0.935. The van der Waals surface area contributed by atoms with Gasteiger partial charge in [0.05, 0.1) is 6.20 Å². The molecule has 0 aromatic carbocycles. The van der Waals surface area contributed by atoms with Gasteiger partial charge < -0.3 is 4.98 Å². The smallest absolute Gasteiger partial charge is 0.123 e. The Kier molecular flexibility index (Phi) is 1.41. The van der Waals surface area contributed by atoms with Crippen molar-refractivity contribution in [2.24, 2.45) is 0 Å². The first kappa shape index (κ1) is 6.09. The molecule has 0 spiro atoms. The van der Waals surface area contributed by atoms with Gasteiger partial charge in [0, 0.05) is 17.5 Å². The summed E-state index contributed by atoms with van der Waals surface area (Å²) in [5.74, 6) is 0. The third kappa shape index (κ3) is 1.12. The Bertz CT molecular complexity index is 312. The average Bonchev–Trinajstić information content (AvgIpc) is 2.58. The third-order valence-corrected chi connectivity index (χ3v) is 1.42. The molecule has 0 bridgehead atoms. The number of hydrogen-bond donors (Lipinski definition) is 1. The minimum atomic E-state index is 0.935. The van der Waals surface area contributed by atoms with E-state index in [1.54, 1.807) is 6.20 Å². The summed E-state index contributed by atoms with van der Waals surface area (Å²) in [6, 6.07) is 5.76. The Labute approximate surface area is 64.1 Å². The fraction of sp³-hybridized carbons (Fsp3) is 0. The topological polar surface area (TPSA) is 41.6 Å². The third-order valence-electron chi connectivity index (χ3n) is 1.42. The van der Waals surface area contributed by atoms with E-state index in [1.165, 1.54) is 0 Å². The molecule has 3 heteroatoms. The highest BCUT2D eigenvalue weighted by atomic mass is 15.1. The zero-order valence-corrected chi connectivity index (χ0v) is 5.78. The van der Waals surface area contributed by atoms with Gasteiger partial charge in [0.1, 0.15) is 6.20 Å². The summed E-state index contributed by atoms with van der Waals surface area (Å²) < 4.78 is 0. The first-order valence-corrected chi connectivity index (χ1v) is 3.30. The van der Waals surface area contributed by atoms with Crippen molar-refractivity contribution in [2.75, 3.05) is 0 Å². The van der Waals surface area contributed by atoms with Crippen LogP contribution in [0.3, 0.4) is 0 Å². The lowest BCUT2D eigenvalue weighted by atomic mass is 10.2. The maximum atomic E-state index is 3.65. The zero-order chi connectivity index (χ0) is 7.52. The van der Waals surface area contributed by atoms with E-state index < -0.39 is 0 Å². The molecule has 0 fully saturated rings. The standard InChI is InChI=1S/C8H6N3/c1-2-8(9-4-1)7-3-5-10-11-6-7/h1-5,9H. The zero-order valence-electron chi connectivity index (χ0n) is 5.78. The molecule has 2 heterocycles. The molecule has 0 saturated carbocycles. The molecule has 0 atom stereocenters. The fourth-order valence-corrected chi connectivity index (χ4v) is 0.909. The molecule has 0 amide bonds. The van der Waals surface area contributed by atoms with Gasteiger partial charge in [-0.1, -0.05) is 0 Å². The van der Waals surface area contributed by atoms with E-state index in [-0.39, 0.29) is 0 Å². The molecule has 2 rings (SSSR count). The molecule has 11 heavy (non-hydrogen) atoms. The molecule has 2 aromatic heterocycles. The highest BCUT2D eigenvalue weighted by Gasteiger charge is 1.95. The van der Waals surface area contributed by atoms with Crippen LogP contribution in [-0.2, 0) is 0 Å². The van der Waals surface area contributed by atoms with E-state index in [9.17, 15) is 0 Å². The van der Waals surface area contributed by atoms with E-state index in [0.717, 1.165) is 11.3 Å². The Morgan fingerprint density at radius 2 is 2.36 bits per heavy atom. The summed E-state index contributed by atoms with van der Waals surface area (Å²) in [5, 5.41) is 7.28. The largest absolute Gasteiger partial charge is 0.361 e. The Morgan fingerprint density at radius 3 is 3.00 bits per heavy atom. The SMILES string of the molecule is [c]1nnccc1-c1ccc[nH]1. The molecular weight excluding hydrogens is 138 g/mol. The van der Waals surface area contributed by atoms with Crippen molar-refractivity contribution in [3.8, 4) is 11.3 Å². The average molecular weight is 144 g/mol. The van der Waals surface area contributed by atoms with Gasteiger partial charge in [-0.3, -0.25) is 0 Å². The molecule has 53 valence electrons. The van der Waals surface area contributed by atoms with E-state index >= 15 is 0 Å². The van der Waals surface area contributed by atoms with Crippen LogP contribution in [-0.4, -0.2) is 15.2 Å². The monoisotopic (exact) mass is 144 g/mol. The van der Waals surface area contributed by atoms with Crippen molar-refractivity contribution in [1.82, 2.24) is 15.2 Å². The second-order valence-electron chi connectivity index (χ2n) is 2.14. The van der Waals surface area contributed by atoms with Crippen LogP contribution in [0.15, 0.2) is 30.6 Å². The van der Waals surface area contributed by atoms with Gasteiger partial charge in [-0.05, 0) is 18.2 Å². The van der Waals surface area contributed by atoms with E-state index in [2.05, 4.69) is 21.4 Å². The van der Waals surface area contributed by atoms with Crippen LogP contribution in [0, 0.1) is 6.20 Å². The van der Waals surface area contributed by atoms with Crippen LogP contribution in [0.2, 0.25) is 0 Å². The van der Waals surface area contributed by atoms with E-state index in [4.69, 9.17) is 0 Å². The Morgan fingerprint density at radius 1 is 1.36 bits per heavy atom. The number of hydrogen-bond acceptors (Lipinski definition) is 2. The Hall–Kier alpha value is -1.64. The number of nitrogens with zero attached hydrogens (tertiary/aromatic N) is 2. The molecule has 0 aliphatic rings. The van der Waals surface area contributed by atoms with Crippen molar-refractivity contribution in [3.05, 3.63) is 36.8 Å². The van der Waals surface area contributed by atoms with Gasteiger partial charge >= 0.3 is 0 Å². The van der Waals surface area contributed by atoms with Gasteiger partial charge in [-0.2, -0.15) is 5.10 Å². The van der Waals surface area contributed by atoms with Crippen molar-refractivity contribution in [1.29, 1.82) is 0 Å². The van der Waals surface area contributed by atoms with Crippen LogP contribution >= 0.6 is 0 Å². The first-order chi connectivity index (χ1) is 5.47. The minimum Gasteiger partial charge on any atom is -0.361 e. The predicted octanol–water partition coefficient (Wildman–Crippen LogP) is 1.27. The van der Waals surface area contributed by atoms with Crippen molar-refractivity contribution >= 4 is 0 Å². The quantitative estimate of drug-likeness (QED) is 0.654. The Balaban J connectivity index is 2.46. The summed E-state index contributed by atoms with van der Waals surface area (Å²) in [6.07, 6.45) is 6.29. The van der Waals surface area contributed by atoms with Crippen LogP contribution in [0.5, 0.6) is 0 Å². The van der Waals surface area contributed by atoms with Crippen molar-refractivity contribution in [2.45, 2.75) is 0 Å². The summed E-state index contributed by atoms with van der Waals surface area (Å²) in [4.78, 5) is 3.05. The number of nitrogens with one attached hydrogen (secondary N) is 1. The number of H-pyrrole nitrogens is 1. The molecular formula is C8H6N3. The predicted molar refractivity (Wildman–Crippen MR) is 40.7 cm³/mol. The number of aromatic nitrogens is 3. The highest BCUT2D eigenvalue weighted by Crippen LogP contribution is 2.12. The van der Waals surface area contributed by atoms with E-state index in [1.807, 2.05) is 24.4 Å². The summed E-state index contributed by atoms with van der Waals surface area (Å²) in [6.45, 7) is 0. The lowest BCUT2D eigenvalue weighted by Gasteiger charge is -1.91. The molecule has 1 radical (unpaired) electrons. The summed E-state index contributed by atoms with van der Waals surface area (Å²) in [7, 11) is 0. The van der Waals surface area contributed by atoms with Gasteiger partial charge in [0.2, 0.25) is 0 Å². The molecule has 0 aliphatic carbocycles. The second kappa shape index (κ2) is 2.54.